The summed E-state index contributed by atoms with van der Waals surface area (Å²) in [4.78, 5) is 0. The van der Waals surface area contributed by atoms with Crippen molar-refractivity contribution in [2.75, 3.05) is 6.54 Å². The van der Waals surface area contributed by atoms with E-state index in [-0.39, 0.29) is 0 Å². The van der Waals surface area contributed by atoms with Gasteiger partial charge in [0.05, 0.1) is 6.54 Å². The maximum atomic E-state index is 5.08. The Hall–Kier alpha value is -1.55. The Kier molecular flexibility index (Phi) is 4.20. The van der Waals surface area contributed by atoms with Crippen LogP contribution in [0.2, 0.25) is 0 Å². The number of hydrogen-bond acceptors (Lipinski definition) is 3. The van der Waals surface area contributed by atoms with Gasteiger partial charge in [0.15, 0.2) is 0 Å². The van der Waals surface area contributed by atoms with Crippen LogP contribution in [-0.2, 0) is 6.54 Å². The molecule has 4 heteroatoms. The quantitative estimate of drug-likeness (QED) is 0.853. The second-order valence-electron chi connectivity index (χ2n) is 4.56. The summed E-state index contributed by atoms with van der Waals surface area (Å²) in [7, 11) is 0. The molecule has 0 bridgehead atoms. The topological polar surface area (TPSA) is 43.0 Å². The number of rotatable bonds is 6. The average Bonchev–Trinajstić information content (AvgIpc) is 2.96. The zero-order chi connectivity index (χ0) is 13.0. The third kappa shape index (κ3) is 3.01. The SMILES string of the molecule is CCNC(CC)c1ccn(Cc2cc(C)on2)c1. The summed E-state index contributed by atoms with van der Waals surface area (Å²) >= 11 is 0. The van der Waals surface area contributed by atoms with Crippen molar-refractivity contribution >= 4 is 0 Å². The summed E-state index contributed by atoms with van der Waals surface area (Å²) in [6, 6.07) is 4.58. The molecule has 0 spiro atoms. The molecule has 4 nitrogen and oxygen atoms in total. The number of nitrogens with one attached hydrogen (secondary N) is 1. The molecule has 0 amide bonds. The van der Waals surface area contributed by atoms with Crippen LogP contribution in [0, 0.1) is 6.92 Å². The zero-order valence-electron chi connectivity index (χ0n) is 11.3. The molecule has 0 saturated carbocycles. The van der Waals surface area contributed by atoms with Crippen LogP contribution in [0.15, 0.2) is 29.0 Å². The summed E-state index contributed by atoms with van der Waals surface area (Å²) in [5, 5.41) is 7.49. The Balaban J connectivity index is 2.05. The summed E-state index contributed by atoms with van der Waals surface area (Å²) in [5.41, 5.74) is 2.30. The lowest BCUT2D eigenvalue weighted by molar-refractivity contribution is 0.389. The second-order valence-corrected chi connectivity index (χ2v) is 4.56. The average molecular weight is 247 g/mol. The molecular weight excluding hydrogens is 226 g/mol. The van der Waals surface area contributed by atoms with Crippen molar-refractivity contribution in [3.63, 3.8) is 0 Å². The first-order valence-electron chi connectivity index (χ1n) is 6.54. The second kappa shape index (κ2) is 5.87. The van der Waals surface area contributed by atoms with E-state index >= 15 is 0 Å². The Labute approximate surface area is 108 Å². The number of aromatic nitrogens is 2. The highest BCUT2D eigenvalue weighted by atomic mass is 16.5. The van der Waals surface area contributed by atoms with Gasteiger partial charge in [0.1, 0.15) is 11.5 Å². The van der Waals surface area contributed by atoms with E-state index < -0.39 is 0 Å². The van der Waals surface area contributed by atoms with E-state index in [9.17, 15) is 0 Å². The Bertz CT molecular complexity index is 487. The largest absolute Gasteiger partial charge is 0.361 e. The fourth-order valence-corrected chi connectivity index (χ4v) is 2.19. The maximum Gasteiger partial charge on any atom is 0.133 e. The van der Waals surface area contributed by atoms with Crippen LogP contribution in [0.25, 0.3) is 0 Å². The standard InChI is InChI=1S/C14H21N3O/c1-4-14(15-5-2)12-6-7-17(9-12)10-13-8-11(3)18-16-13/h6-9,14-15H,4-5,10H2,1-3H3. The van der Waals surface area contributed by atoms with E-state index in [4.69, 9.17) is 4.52 Å². The molecule has 0 saturated heterocycles. The van der Waals surface area contributed by atoms with Gasteiger partial charge in [-0.2, -0.15) is 0 Å². The third-order valence-corrected chi connectivity index (χ3v) is 3.06. The molecule has 0 aliphatic heterocycles. The minimum Gasteiger partial charge on any atom is -0.361 e. The van der Waals surface area contributed by atoms with Gasteiger partial charge >= 0.3 is 0 Å². The van der Waals surface area contributed by atoms with Gasteiger partial charge in [-0.3, -0.25) is 0 Å². The Morgan fingerprint density at radius 2 is 2.28 bits per heavy atom. The molecule has 1 N–H and O–H groups in total. The van der Waals surface area contributed by atoms with Crippen molar-refractivity contribution in [1.29, 1.82) is 0 Å². The van der Waals surface area contributed by atoms with Gasteiger partial charge in [0.25, 0.3) is 0 Å². The Morgan fingerprint density at radius 1 is 1.44 bits per heavy atom. The normalized spacial score (nSPS) is 12.8. The summed E-state index contributed by atoms with van der Waals surface area (Å²) in [6.45, 7) is 8.01. The highest BCUT2D eigenvalue weighted by molar-refractivity contribution is 5.16. The molecule has 2 aromatic rings. The molecule has 0 aromatic carbocycles. The monoisotopic (exact) mass is 247 g/mol. The van der Waals surface area contributed by atoms with Gasteiger partial charge in [-0.15, -0.1) is 0 Å². The molecule has 98 valence electrons. The molecular formula is C14H21N3O. The van der Waals surface area contributed by atoms with Gasteiger partial charge in [0.2, 0.25) is 0 Å². The minimum atomic E-state index is 0.440. The van der Waals surface area contributed by atoms with Crippen LogP contribution in [0.3, 0.4) is 0 Å². The van der Waals surface area contributed by atoms with Crippen LogP contribution < -0.4 is 5.32 Å². The van der Waals surface area contributed by atoms with E-state index in [1.165, 1.54) is 5.56 Å². The highest BCUT2D eigenvalue weighted by Crippen LogP contribution is 2.17. The smallest absolute Gasteiger partial charge is 0.133 e. The van der Waals surface area contributed by atoms with E-state index in [1.807, 2.05) is 13.0 Å². The summed E-state index contributed by atoms with van der Waals surface area (Å²) in [6.07, 6.45) is 5.38. The first-order valence-corrected chi connectivity index (χ1v) is 6.54. The number of aryl methyl sites for hydroxylation is 1. The molecule has 0 aliphatic carbocycles. The van der Waals surface area contributed by atoms with Crippen molar-refractivity contribution in [2.24, 2.45) is 0 Å². The highest BCUT2D eigenvalue weighted by Gasteiger charge is 2.09. The van der Waals surface area contributed by atoms with Gasteiger partial charge in [-0.25, -0.2) is 0 Å². The van der Waals surface area contributed by atoms with E-state index in [2.05, 4.69) is 47.3 Å². The van der Waals surface area contributed by atoms with Crippen LogP contribution in [0.4, 0.5) is 0 Å². The fraction of sp³-hybridized carbons (Fsp3) is 0.500. The van der Waals surface area contributed by atoms with Gasteiger partial charge in [0, 0.05) is 24.5 Å². The molecule has 18 heavy (non-hydrogen) atoms. The van der Waals surface area contributed by atoms with E-state index in [1.54, 1.807) is 0 Å². The molecule has 1 unspecified atom stereocenters. The van der Waals surface area contributed by atoms with Crippen molar-refractivity contribution in [3.8, 4) is 0 Å². The third-order valence-electron chi connectivity index (χ3n) is 3.06. The summed E-state index contributed by atoms with van der Waals surface area (Å²) < 4.78 is 7.22. The zero-order valence-corrected chi connectivity index (χ0v) is 11.3. The van der Waals surface area contributed by atoms with Crippen LogP contribution >= 0.6 is 0 Å². The molecule has 2 heterocycles. The Morgan fingerprint density at radius 3 is 2.89 bits per heavy atom. The van der Waals surface area contributed by atoms with Gasteiger partial charge in [-0.05, 0) is 31.5 Å². The molecule has 1 atom stereocenters. The maximum absolute atomic E-state index is 5.08. The van der Waals surface area contributed by atoms with Crippen molar-refractivity contribution in [1.82, 2.24) is 15.0 Å². The number of nitrogens with zero attached hydrogens (tertiary/aromatic N) is 2. The lowest BCUT2D eigenvalue weighted by Gasteiger charge is -2.13. The molecule has 0 radical (unpaired) electrons. The first-order chi connectivity index (χ1) is 8.72. The van der Waals surface area contributed by atoms with Crippen LogP contribution in [0.5, 0.6) is 0 Å². The van der Waals surface area contributed by atoms with Crippen molar-refractivity contribution < 1.29 is 4.52 Å². The van der Waals surface area contributed by atoms with Crippen LogP contribution in [-0.4, -0.2) is 16.3 Å². The van der Waals surface area contributed by atoms with Gasteiger partial charge < -0.3 is 14.4 Å². The van der Waals surface area contributed by atoms with Crippen molar-refractivity contribution in [3.05, 3.63) is 41.5 Å². The molecule has 0 fully saturated rings. The first kappa shape index (κ1) is 12.9. The fourth-order valence-electron chi connectivity index (χ4n) is 2.19. The predicted octanol–water partition coefficient (Wildman–Crippen LogP) is 2.89. The van der Waals surface area contributed by atoms with Gasteiger partial charge in [-0.1, -0.05) is 19.0 Å². The minimum absolute atomic E-state index is 0.440. The van der Waals surface area contributed by atoms with E-state index in [0.717, 1.165) is 31.0 Å². The van der Waals surface area contributed by atoms with Crippen molar-refractivity contribution in [2.45, 2.75) is 39.8 Å². The van der Waals surface area contributed by atoms with Crippen LogP contribution in [0.1, 0.15) is 43.3 Å². The predicted molar refractivity (Wildman–Crippen MR) is 71.5 cm³/mol. The van der Waals surface area contributed by atoms with E-state index in [0.29, 0.717) is 6.04 Å². The summed E-state index contributed by atoms with van der Waals surface area (Å²) in [5.74, 6) is 0.858. The lowest BCUT2D eigenvalue weighted by Crippen LogP contribution is -2.19. The molecule has 2 aromatic heterocycles. The molecule has 0 aliphatic rings. The lowest BCUT2D eigenvalue weighted by atomic mass is 10.1. The molecule has 2 rings (SSSR count). The number of hydrogen-bond donors (Lipinski definition) is 1.